The summed E-state index contributed by atoms with van der Waals surface area (Å²) < 4.78 is 5.09. The molecule has 1 aliphatic carbocycles. The van der Waals surface area contributed by atoms with Crippen LogP contribution in [0.4, 0.5) is 5.69 Å². The Labute approximate surface area is 145 Å². The maximum atomic E-state index is 12.1. The van der Waals surface area contributed by atoms with E-state index in [1.807, 2.05) is 25.1 Å². The van der Waals surface area contributed by atoms with Crippen molar-refractivity contribution in [3.8, 4) is 0 Å². The molecule has 0 fully saturated rings. The summed E-state index contributed by atoms with van der Waals surface area (Å²) >= 11 is 6.06. The normalized spacial score (nSPS) is 12.6. The number of anilines is 1. The highest BCUT2D eigenvalue weighted by molar-refractivity contribution is 6.33. The molecule has 0 unspecified atom stereocenters. The number of benzene rings is 2. The molecule has 0 saturated carbocycles. The summed E-state index contributed by atoms with van der Waals surface area (Å²) in [6.45, 7) is 1.57. The van der Waals surface area contributed by atoms with E-state index in [1.165, 1.54) is 11.1 Å². The molecule has 0 saturated heterocycles. The van der Waals surface area contributed by atoms with E-state index in [4.69, 9.17) is 16.3 Å². The Morgan fingerprint density at radius 3 is 2.71 bits per heavy atom. The molecule has 1 aliphatic rings. The first kappa shape index (κ1) is 16.5. The van der Waals surface area contributed by atoms with Crippen molar-refractivity contribution < 1.29 is 14.3 Å². The molecule has 24 heavy (non-hydrogen) atoms. The van der Waals surface area contributed by atoms with Crippen molar-refractivity contribution >= 4 is 29.2 Å². The smallest absolute Gasteiger partial charge is 0.338 e. The second kappa shape index (κ2) is 7.05. The SMILES string of the molecule is Cc1ccc(NC(=O)COC(=O)c2ccc3c(c2)CCC3)c(Cl)c1. The van der Waals surface area contributed by atoms with E-state index in [9.17, 15) is 9.59 Å². The van der Waals surface area contributed by atoms with Crippen LogP contribution in [-0.2, 0) is 22.4 Å². The Bertz CT molecular complexity index is 801. The fourth-order valence-electron chi connectivity index (χ4n) is 2.82. The van der Waals surface area contributed by atoms with E-state index in [0.29, 0.717) is 16.3 Å². The van der Waals surface area contributed by atoms with Gasteiger partial charge in [0.05, 0.1) is 16.3 Å². The molecule has 5 heteroatoms. The van der Waals surface area contributed by atoms with Gasteiger partial charge < -0.3 is 10.1 Å². The summed E-state index contributed by atoms with van der Waals surface area (Å²) in [4.78, 5) is 24.0. The van der Waals surface area contributed by atoms with E-state index in [-0.39, 0.29) is 6.61 Å². The van der Waals surface area contributed by atoms with Gasteiger partial charge in [-0.1, -0.05) is 23.7 Å². The highest BCUT2D eigenvalue weighted by Gasteiger charge is 2.16. The van der Waals surface area contributed by atoms with Crippen LogP contribution < -0.4 is 5.32 Å². The van der Waals surface area contributed by atoms with Gasteiger partial charge in [-0.05, 0) is 67.1 Å². The van der Waals surface area contributed by atoms with Crippen LogP contribution in [0, 0.1) is 6.92 Å². The van der Waals surface area contributed by atoms with Crippen LogP contribution >= 0.6 is 11.6 Å². The molecule has 2 aromatic carbocycles. The molecule has 3 rings (SSSR count). The van der Waals surface area contributed by atoms with Crippen molar-refractivity contribution in [3.05, 3.63) is 63.7 Å². The van der Waals surface area contributed by atoms with Crippen molar-refractivity contribution in [1.82, 2.24) is 0 Å². The maximum Gasteiger partial charge on any atom is 0.338 e. The minimum Gasteiger partial charge on any atom is -0.452 e. The zero-order valence-corrected chi connectivity index (χ0v) is 14.2. The lowest BCUT2D eigenvalue weighted by molar-refractivity contribution is -0.119. The van der Waals surface area contributed by atoms with E-state index in [0.717, 1.165) is 24.8 Å². The number of esters is 1. The summed E-state index contributed by atoms with van der Waals surface area (Å²) in [5.74, 6) is -0.912. The monoisotopic (exact) mass is 343 g/mol. The lowest BCUT2D eigenvalue weighted by Crippen LogP contribution is -2.21. The number of halogens is 1. The zero-order chi connectivity index (χ0) is 17.1. The number of hydrogen-bond acceptors (Lipinski definition) is 3. The fourth-order valence-corrected chi connectivity index (χ4v) is 3.10. The predicted octanol–water partition coefficient (Wildman–Crippen LogP) is 3.93. The van der Waals surface area contributed by atoms with Crippen LogP contribution in [-0.4, -0.2) is 18.5 Å². The number of aryl methyl sites for hydroxylation is 3. The van der Waals surface area contributed by atoms with Crippen LogP contribution in [0.25, 0.3) is 0 Å². The van der Waals surface area contributed by atoms with E-state index < -0.39 is 11.9 Å². The van der Waals surface area contributed by atoms with Crippen LogP contribution in [0.2, 0.25) is 5.02 Å². The molecule has 0 heterocycles. The summed E-state index contributed by atoms with van der Waals surface area (Å²) in [6.07, 6.45) is 3.17. The topological polar surface area (TPSA) is 55.4 Å². The second-order valence-electron chi connectivity index (χ2n) is 5.94. The first-order chi connectivity index (χ1) is 11.5. The maximum absolute atomic E-state index is 12.1. The van der Waals surface area contributed by atoms with Gasteiger partial charge in [-0.3, -0.25) is 4.79 Å². The molecule has 0 aromatic heterocycles. The van der Waals surface area contributed by atoms with Gasteiger partial charge in [0.1, 0.15) is 0 Å². The van der Waals surface area contributed by atoms with Crippen LogP contribution in [0.5, 0.6) is 0 Å². The van der Waals surface area contributed by atoms with Gasteiger partial charge in [-0.25, -0.2) is 4.79 Å². The molecule has 2 aromatic rings. The van der Waals surface area contributed by atoms with E-state index in [1.54, 1.807) is 18.2 Å². The Balaban J connectivity index is 1.57. The standard InChI is InChI=1S/C19H18ClNO3/c1-12-5-8-17(16(20)9-12)21-18(22)11-24-19(23)15-7-6-13-3-2-4-14(13)10-15/h5-10H,2-4,11H2,1H3,(H,21,22). The Kier molecular flexibility index (Phi) is 4.86. The minimum absolute atomic E-state index is 0.347. The fraction of sp³-hybridized carbons (Fsp3) is 0.263. The van der Waals surface area contributed by atoms with Gasteiger partial charge in [0.15, 0.2) is 6.61 Å². The zero-order valence-electron chi connectivity index (χ0n) is 13.4. The van der Waals surface area contributed by atoms with Crippen molar-refractivity contribution in [3.63, 3.8) is 0 Å². The number of nitrogens with one attached hydrogen (secondary N) is 1. The Morgan fingerprint density at radius 1 is 1.12 bits per heavy atom. The van der Waals surface area contributed by atoms with Crippen LogP contribution in [0.3, 0.4) is 0 Å². The van der Waals surface area contributed by atoms with Gasteiger partial charge in [0.2, 0.25) is 0 Å². The Hall–Kier alpha value is -2.33. The first-order valence-electron chi connectivity index (χ1n) is 7.88. The van der Waals surface area contributed by atoms with Crippen molar-refractivity contribution in [1.29, 1.82) is 0 Å². The lowest BCUT2D eigenvalue weighted by Gasteiger charge is -2.09. The van der Waals surface area contributed by atoms with E-state index >= 15 is 0 Å². The summed E-state index contributed by atoms with van der Waals surface area (Å²) in [5, 5.41) is 3.09. The predicted molar refractivity (Wildman–Crippen MR) is 93.6 cm³/mol. The van der Waals surface area contributed by atoms with Crippen LogP contribution in [0.1, 0.15) is 33.5 Å². The third kappa shape index (κ3) is 3.77. The first-order valence-corrected chi connectivity index (χ1v) is 8.25. The van der Waals surface area contributed by atoms with Gasteiger partial charge in [-0.15, -0.1) is 0 Å². The highest BCUT2D eigenvalue weighted by Crippen LogP contribution is 2.24. The quantitative estimate of drug-likeness (QED) is 0.856. The van der Waals surface area contributed by atoms with Crippen molar-refractivity contribution in [2.24, 2.45) is 0 Å². The summed E-state index contributed by atoms with van der Waals surface area (Å²) in [7, 11) is 0. The number of ether oxygens (including phenoxy) is 1. The van der Waals surface area contributed by atoms with Crippen molar-refractivity contribution in [2.75, 3.05) is 11.9 Å². The third-order valence-electron chi connectivity index (χ3n) is 4.07. The molecule has 4 nitrogen and oxygen atoms in total. The molecule has 124 valence electrons. The number of amides is 1. The van der Waals surface area contributed by atoms with Gasteiger partial charge in [-0.2, -0.15) is 0 Å². The van der Waals surface area contributed by atoms with Crippen molar-refractivity contribution in [2.45, 2.75) is 26.2 Å². The third-order valence-corrected chi connectivity index (χ3v) is 4.38. The average Bonchev–Trinajstić information content (AvgIpc) is 3.03. The molecular weight excluding hydrogens is 326 g/mol. The molecule has 0 radical (unpaired) electrons. The molecule has 0 aliphatic heterocycles. The Morgan fingerprint density at radius 2 is 1.92 bits per heavy atom. The van der Waals surface area contributed by atoms with Gasteiger partial charge >= 0.3 is 5.97 Å². The summed E-state index contributed by atoms with van der Waals surface area (Å²) in [5.41, 5.74) is 4.47. The molecule has 0 atom stereocenters. The molecule has 1 amide bonds. The number of hydrogen-bond donors (Lipinski definition) is 1. The number of carbonyl (C=O) groups excluding carboxylic acids is 2. The highest BCUT2D eigenvalue weighted by atomic mass is 35.5. The summed E-state index contributed by atoms with van der Waals surface area (Å²) in [6, 6.07) is 10.9. The average molecular weight is 344 g/mol. The van der Waals surface area contributed by atoms with E-state index in [2.05, 4.69) is 5.32 Å². The van der Waals surface area contributed by atoms with Crippen LogP contribution in [0.15, 0.2) is 36.4 Å². The lowest BCUT2D eigenvalue weighted by atomic mass is 10.1. The molecule has 0 bridgehead atoms. The van der Waals surface area contributed by atoms with Gasteiger partial charge in [0, 0.05) is 0 Å². The van der Waals surface area contributed by atoms with Gasteiger partial charge in [0.25, 0.3) is 5.91 Å². The number of carbonyl (C=O) groups is 2. The number of fused-ring (bicyclic) bond motifs is 1. The molecular formula is C19H18ClNO3. The largest absolute Gasteiger partial charge is 0.452 e. The number of rotatable bonds is 4. The molecule has 1 N–H and O–H groups in total. The second-order valence-corrected chi connectivity index (χ2v) is 6.35. The minimum atomic E-state index is -0.491. The molecule has 0 spiro atoms.